The van der Waals surface area contributed by atoms with Gasteiger partial charge in [0.25, 0.3) is 14.0 Å². The first-order valence-corrected chi connectivity index (χ1v) is 42.7. The van der Waals surface area contributed by atoms with Crippen LogP contribution in [-0.4, -0.2) is 112 Å². The third kappa shape index (κ3) is 27.0. The highest BCUT2D eigenvalue weighted by Crippen LogP contribution is 2.40. The summed E-state index contributed by atoms with van der Waals surface area (Å²) in [6.07, 6.45) is 6.55. The summed E-state index contributed by atoms with van der Waals surface area (Å²) in [5.74, 6) is 3.23. The molecule has 0 bridgehead atoms. The van der Waals surface area contributed by atoms with Crippen LogP contribution in [0.2, 0.25) is 25.1 Å². The van der Waals surface area contributed by atoms with Crippen LogP contribution in [0.4, 0.5) is 0 Å². The van der Waals surface area contributed by atoms with Crippen LogP contribution in [0.5, 0.6) is 11.7 Å². The molecule has 2 fully saturated rings. The van der Waals surface area contributed by atoms with Crippen LogP contribution >= 0.6 is 140 Å². The predicted octanol–water partition coefficient (Wildman–Crippen LogP) is 24.3. The van der Waals surface area contributed by atoms with Gasteiger partial charge < -0.3 is 78.8 Å². The number of benzene rings is 5. The lowest BCUT2D eigenvalue weighted by atomic mass is 9.86. The molecule has 2 saturated heterocycles. The molecule has 0 spiro atoms. The fourth-order valence-corrected chi connectivity index (χ4v) is 14.1. The molecular formula is C82H80B4Br3Cl5N3O18S3. The van der Waals surface area contributed by atoms with Crippen LogP contribution in [-0.2, 0) is 23.3 Å². The first-order chi connectivity index (χ1) is 55.6. The number of furan rings is 7. The Balaban J connectivity index is 0.000000154. The van der Waals surface area contributed by atoms with Gasteiger partial charge in [-0.05, 0) is 284 Å². The number of ketones is 1. The number of thiazole rings is 3. The fraction of sp³-hybridized carbons (Fsp3) is 0.268. The second-order valence-electron chi connectivity index (χ2n) is 28.9. The summed E-state index contributed by atoms with van der Waals surface area (Å²) < 4.78 is 77.9. The van der Waals surface area contributed by atoms with Gasteiger partial charge in [-0.25, -0.2) is 15.0 Å². The molecule has 0 atom stereocenters. The van der Waals surface area contributed by atoms with Gasteiger partial charge in [0.15, 0.2) is 37.8 Å². The van der Waals surface area contributed by atoms with Crippen molar-refractivity contribution in [2.45, 2.75) is 137 Å². The van der Waals surface area contributed by atoms with Crippen LogP contribution < -0.4 is 20.7 Å². The molecule has 10 aromatic heterocycles. The molecule has 15 aromatic rings. The predicted molar refractivity (Wildman–Crippen MR) is 483 cm³/mol. The summed E-state index contributed by atoms with van der Waals surface area (Å²) in [6.45, 7) is 26.4. The van der Waals surface area contributed by atoms with E-state index in [1.165, 1.54) is 17.6 Å². The highest BCUT2D eigenvalue weighted by Gasteiger charge is 2.54. The molecule has 0 unspecified atom stereocenters. The Morgan fingerprint density at radius 3 is 1.34 bits per heavy atom. The van der Waals surface area contributed by atoms with Crippen LogP contribution in [0.25, 0.3) is 76.9 Å². The van der Waals surface area contributed by atoms with Gasteiger partial charge in [0, 0.05) is 81.0 Å². The number of fused-ring (bicyclic) bond motifs is 5. The van der Waals surface area contributed by atoms with E-state index in [-0.39, 0.29) is 46.8 Å². The summed E-state index contributed by atoms with van der Waals surface area (Å²) >= 11 is 43.6. The van der Waals surface area contributed by atoms with Gasteiger partial charge in [0.2, 0.25) is 5.78 Å². The topological polar surface area (TPSA) is 273 Å². The minimum absolute atomic E-state index is 0.0247. The summed E-state index contributed by atoms with van der Waals surface area (Å²) in [5.41, 5.74) is 2.41. The molecule has 3 aliphatic rings. The second kappa shape index (κ2) is 42.3. The number of aromatic nitrogens is 3. The minimum Gasteiger partial charge on any atom is -0.510 e. The van der Waals surface area contributed by atoms with E-state index in [2.05, 4.69) is 84.5 Å². The first-order valence-electron chi connectivity index (χ1n) is 35.8. The van der Waals surface area contributed by atoms with Crippen molar-refractivity contribution < 1.29 is 83.6 Å². The van der Waals surface area contributed by atoms with Crippen molar-refractivity contribution in [1.82, 2.24) is 15.0 Å². The van der Waals surface area contributed by atoms with Crippen LogP contribution in [0.15, 0.2) is 237 Å². The van der Waals surface area contributed by atoms with Crippen molar-refractivity contribution in [1.29, 1.82) is 0 Å². The number of carbonyl (C=O) groups excluding carboxylic acids is 1. The minimum atomic E-state index is -1.01. The molecule has 18 rings (SSSR count). The molecule has 5 aromatic carbocycles. The van der Waals surface area contributed by atoms with Gasteiger partial charge >= 0.3 is 21.9 Å². The Labute approximate surface area is 747 Å². The number of rotatable bonds is 9. The SMILES string of the molecule is Brc1csc(-c2ccco2)n1.Brc1csc(Br)n1.CC(C)(O)C(C)(C)O.CC1(C)OB(c2cc3ccc(Cl)cc3o2)OC1(C)C.CC1(C)OB(c2cc3ccc(Cl)cc3o2)OC1(C)C.Clc1ccc2cc(-c3csc(-c4ccco4)n3)oc2c1.Clc1ccc2ccoc2c1.O=C1COc2cc(Cl)ccc21.O[B]Oc1ccco1.[B]OC(C)C. The first kappa shape index (κ1) is 94.9. The highest BCUT2D eigenvalue weighted by atomic mass is 79.9. The van der Waals surface area contributed by atoms with Crippen molar-refractivity contribution in [3.05, 3.63) is 237 Å². The second-order valence-corrected chi connectivity index (χ2v) is 36.6. The summed E-state index contributed by atoms with van der Waals surface area (Å²) in [6, 6.07) is 45.8. The Bertz CT molecular complexity index is 5490. The van der Waals surface area contributed by atoms with Gasteiger partial charge in [0.05, 0.1) is 64.2 Å². The molecule has 13 heterocycles. The number of nitrogens with zero attached hydrogens (tertiary/aromatic N) is 3. The van der Waals surface area contributed by atoms with Crippen molar-refractivity contribution in [2.75, 3.05) is 6.61 Å². The number of hydrogen-bond acceptors (Lipinski definition) is 24. The third-order valence-corrected chi connectivity index (χ3v) is 23.7. The maximum absolute atomic E-state index is 11.0. The van der Waals surface area contributed by atoms with Gasteiger partial charge in [-0.3, -0.25) is 4.79 Å². The van der Waals surface area contributed by atoms with Crippen LogP contribution in [0.3, 0.4) is 0 Å². The molecule has 21 nitrogen and oxygen atoms in total. The molecule has 118 heavy (non-hydrogen) atoms. The van der Waals surface area contributed by atoms with Gasteiger partial charge in [-0.1, -0.05) is 58.0 Å². The van der Waals surface area contributed by atoms with Crippen LogP contribution in [0.1, 0.15) is 107 Å². The lowest BCUT2D eigenvalue weighted by Crippen LogP contribution is -2.44. The Hall–Kier alpha value is -6.91. The monoisotopic (exact) mass is 1950 g/mol. The van der Waals surface area contributed by atoms with E-state index in [9.17, 15) is 4.79 Å². The van der Waals surface area contributed by atoms with Crippen LogP contribution in [0, 0.1) is 0 Å². The largest absolute Gasteiger partial charge is 0.571 e. The Morgan fingerprint density at radius 2 is 0.924 bits per heavy atom. The maximum Gasteiger partial charge on any atom is 0.571 e. The average Bonchev–Trinajstić information content (AvgIpc) is 1.62. The zero-order chi connectivity index (χ0) is 86.1. The van der Waals surface area contributed by atoms with E-state index >= 15 is 0 Å². The van der Waals surface area contributed by atoms with Gasteiger partial charge in [-0.2, -0.15) is 0 Å². The van der Waals surface area contributed by atoms with E-state index in [1.807, 2.05) is 182 Å². The van der Waals surface area contributed by atoms with Crippen molar-refractivity contribution in [3.8, 4) is 44.7 Å². The maximum atomic E-state index is 11.0. The number of ether oxygens (including phenoxy) is 1. The summed E-state index contributed by atoms with van der Waals surface area (Å²) in [7, 11) is 4.29. The normalized spacial score (nSPS) is 14.4. The average molecular weight is 1950 g/mol. The smallest absolute Gasteiger partial charge is 0.510 e. The summed E-state index contributed by atoms with van der Waals surface area (Å²) in [4.78, 5) is 23.7. The molecule has 3 radical (unpaired) electrons. The molecule has 36 heteroatoms. The molecular weight excluding hydrogens is 1870 g/mol. The molecule has 617 valence electrons. The number of Topliss-reactive ketones (excluding diaryl/α,β-unsaturated/α-hetero) is 1. The van der Waals surface area contributed by atoms with Gasteiger partial charge in [-0.15, -0.1) is 34.0 Å². The number of hydrogen-bond donors (Lipinski definition) is 3. The Kier molecular flexibility index (Phi) is 34.0. The van der Waals surface area contributed by atoms with Crippen molar-refractivity contribution in [3.63, 3.8) is 0 Å². The quantitative estimate of drug-likeness (QED) is 0.113. The standard InChI is InChI=1S/C15H8ClNO2S.2C14H16BClO3.C8H5ClO2.C8H5ClO.C7H4BrNOS.C6H14O2.C4H4BO3.C3H7BO.C3HBr2NS/c16-10-4-3-9-6-14(19-13(9)7-10)11-8-20-15(17-11)12-2-1-5-18-12;2*1-13(2)14(3,4)19-15(18-13)12-7-9-5-6-10(16)8-11(9)17-12;9-5-1-2-6-7(10)4-11-8(6)3-5;9-7-2-1-6-3-4-10-8(6)5-7;8-6-4-11-7(9-6)5-2-1-3-10-5;1-5(2,7)6(3,4)8;6-5-8-4-2-1-3-7-4;1-3(2)5-4;4-2-1-7-3(5)6-2/h1-8H;2*5-8H,1-4H3;1-3H,4H2;1-5H;1-4H;7-8H,1-4H3;1-3,6H;3H,1-2H3;1H. The molecule has 3 aliphatic heterocycles. The molecule has 0 aliphatic carbocycles. The summed E-state index contributed by atoms with van der Waals surface area (Å²) in [5, 5.41) is 41.1. The lowest BCUT2D eigenvalue weighted by molar-refractivity contribution is -0.107. The zero-order valence-electron chi connectivity index (χ0n) is 66.1. The zero-order valence-corrected chi connectivity index (χ0v) is 77.1. The lowest BCUT2D eigenvalue weighted by Gasteiger charge is -2.32. The van der Waals surface area contributed by atoms with Crippen molar-refractivity contribution in [2.24, 2.45) is 0 Å². The third-order valence-electron chi connectivity index (χ3n) is 18.1. The van der Waals surface area contributed by atoms with E-state index in [4.69, 9.17) is 123 Å². The van der Waals surface area contributed by atoms with E-state index in [0.29, 0.717) is 55.4 Å². The number of aliphatic hydroxyl groups is 2. The molecule has 0 amide bonds. The van der Waals surface area contributed by atoms with Gasteiger partial charge in [0.1, 0.15) is 54.3 Å². The highest BCUT2D eigenvalue weighted by molar-refractivity contribution is 9.11. The molecule has 0 saturated carbocycles. The van der Waals surface area contributed by atoms with E-state index in [1.54, 1.807) is 124 Å². The fourth-order valence-electron chi connectivity index (χ4n) is 9.61. The Morgan fingerprint density at radius 1 is 0.500 bits per heavy atom. The van der Waals surface area contributed by atoms with E-state index in [0.717, 1.165) is 90.0 Å². The van der Waals surface area contributed by atoms with Crippen molar-refractivity contribution >= 4 is 231 Å². The number of halogens is 8. The molecule has 3 N–H and O–H groups in total. The number of carbonyl (C=O) groups is 1. The van der Waals surface area contributed by atoms with E-state index < -0.39 is 25.4 Å².